The molecule has 0 unspecified atom stereocenters. The molecule has 1 heterocycles. The second-order valence-electron chi connectivity index (χ2n) is 4.11. The predicted molar refractivity (Wildman–Crippen MR) is 71.8 cm³/mol. The molecule has 0 atom stereocenters. The van der Waals surface area contributed by atoms with E-state index in [0.29, 0.717) is 10.8 Å². The van der Waals surface area contributed by atoms with Crippen LogP contribution in [0.3, 0.4) is 0 Å². The summed E-state index contributed by atoms with van der Waals surface area (Å²) in [5.41, 5.74) is -0.531. The highest BCUT2D eigenvalue weighted by atomic mass is 127. The first-order chi connectivity index (χ1) is 7.28. The molecule has 0 aliphatic heterocycles. The van der Waals surface area contributed by atoms with Crippen molar-refractivity contribution in [3.63, 3.8) is 0 Å². The van der Waals surface area contributed by atoms with Gasteiger partial charge in [0.25, 0.3) is 0 Å². The first-order valence-corrected chi connectivity index (χ1v) is 6.04. The smallest absolute Gasteiger partial charge is 0.413 e. The molecule has 0 bridgehead atoms. The minimum Gasteiger partial charge on any atom is -0.444 e. The van der Waals surface area contributed by atoms with E-state index >= 15 is 0 Å². The van der Waals surface area contributed by atoms with Crippen LogP contribution >= 0.6 is 34.2 Å². The lowest BCUT2D eigenvalue weighted by atomic mass is 10.2. The van der Waals surface area contributed by atoms with Crippen molar-refractivity contribution < 1.29 is 9.53 Å². The maximum Gasteiger partial charge on any atom is 0.413 e. The van der Waals surface area contributed by atoms with Gasteiger partial charge in [0, 0.05) is 12.3 Å². The second kappa shape index (κ2) is 5.18. The molecular formula is C10H12ClIN2O2. The number of pyridine rings is 1. The van der Waals surface area contributed by atoms with Gasteiger partial charge in [0.05, 0.1) is 8.59 Å². The number of nitrogens with zero attached hydrogens (tertiary/aromatic N) is 1. The summed E-state index contributed by atoms with van der Waals surface area (Å²) in [6.45, 7) is 5.38. The minimum atomic E-state index is -0.544. The molecule has 16 heavy (non-hydrogen) atoms. The molecule has 0 aliphatic carbocycles. The van der Waals surface area contributed by atoms with E-state index in [-0.39, 0.29) is 0 Å². The van der Waals surface area contributed by atoms with Gasteiger partial charge < -0.3 is 4.74 Å². The van der Waals surface area contributed by atoms with Crippen molar-refractivity contribution in [3.8, 4) is 0 Å². The minimum absolute atomic E-state index is 0.375. The Morgan fingerprint density at radius 3 is 2.69 bits per heavy atom. The fraction of sp³-hybridized carbons (Fsp3) is 0.400. The lowest BCUT2D eigenvalue weighted by Gasteiger charge is -2.19. The quantitative estimate of drug-likeness (QED) is 0.783. The Hall–Kier alpha value is -0.560. The SMILES string of the molecule is CC(C)(C)OC(=O)Nc1cc(Cl)c(I)cn1. The van der Waals surface area contributed by atoms with Crippen molar-refractivity contribution in [2.45, 2.75) is 26.4 Å². The average molecular weight is 355 g/mol. The highest BCUT2D eigenvalue weighted by Gasteiger charge is 2.16. The number of ether oxygens (including phenoxy) is 1. The number of carbonyl (C=O) groups excluding carboxylic acids is 1. The summed E-state index contributed by atoms with van der Waals surface area (Å²) < 4.78 is 5.90. The molecule has 0 fully saturated rings. The lowest BCUT2D eigenvalue weighted by Crippen LogP contribution is -2.27. The van der Waals surface area contributed by atoms with E-state index in [2.05, 4.69) is 32.9 Å². The molecule has 1 amide bonds. The summed E-state index contributed by atoms with van der Waals surface area (Å²) in [5, 5.41) is 3.05. The number of hydrogen-bond acceptors (Lipinski definition) is 3. The Morgan fingerprint density at radius 1 is 1.56 bits per heavy atom. The lowest BCUT2D eigenvalue weighted by molar-refractivity contribution is 0.0635. The van der Waals surface area contributed by atoms with Crippen LogP contribution in [0.4, 0.5) is 10.6 Å². The van der Waals surface area contributed by atoms with Crippen molar-refractivity contribution in [3.05, 3.63) is 20.9 Å². The van der Waals surface area contributed by atoms with Gasteiger partial charge in [-0.2, -0.15) is 0 Å². The Kier molecular flexibility index (Phi) is 4.37. The zero-order chi connectivity index (χ0) is 12.3. The predicted octanol–water partition coefficient (Wildman–Crippen LogP) is 3.69. The van der Waals surface area contributed by atoms with Crippen LogP contribution in [-0.2, 0) is 4.74 Å². The van der Waals surface area contributed by atoms with Gasteiger partial charge >= 0.3 is 6.09 Å². The highest BCUT2D eigenvalue weighted by Crippen LogP contribution is 2.20. The molecule has 0 aromatic carbocycles. The van der Waals surface area contributed by atoms with Crippen molar-refractivity contribution in [2.24, 2.45) is 0 Å². The average Bonchev–Trinajstić information content (AvgIpc) is 2.08. The van der Waals surface area contributed by atoms with Crippen LogP contribution < -0.4 is 5.32 Å². The first kappa shape index (κ1) is 13.5. The Bertz CT molecular complexity index is 404. The normalized spacial score (nSPS) is 11.1. The van der Waals surface area contributed by atoms with Crippen LogP contribution in [0.2, 0.25) is 5.02 Å². The standard InChI is InChI=1S/C10H12ClIN2O2/c1-10(2,3)16-9(15)14-8-4-6(11)7(12)5-13-8/h4-5H,1-3H3,(H,13,14,15). The molecule has 4 nitrogen and oxygen atoms in total. The fourth-order valence-corrected chi connectivity index (χ4v) is 1.34. The number of hydrogen-bond donors (Lipinski definition) is 1. The molecule has 0 spiro atoms. The summed E-state index contributed by atoms with van der Waals surface area (Å²) in [5.74, 6) is 0.375. The van der Waals surface area contributed by atoms with Crippen LogP contribution in [0.25, 0.3) is 0 Å². The van der Waals surface area contributed by atoms with E-state index < -0.39 is 11.7 Å². The molecule has 6 heteroatoms. The Morgan fingerprint density at radius 2 is 2.19 bits per heavy atom. The van der Waals surface area contributed by atoms with Crippen LogP contribution in [0.5, 0.6) is 0 Å². The topological polar surface area (TPSA) is 51.2 Å². The number of nitrogens with one attached hydrogen (secondary N) is 1. The zero-order valence-electron chi connectivity index (χ0n) is 9.17. The van der Waals surface area contributed by atoms with E-state index in [9.17, 15) is 4.79 Å². The van der Waals surface area contributed by atoms with Gasteiger partial charge in [-0.25, -0.2) is 9.78 Å². The molecule has 1 N–H and O–H groups in total. The fourth-order valence-electron chi connectivity index (χ4n) is 0.891. The molecule has 1 rings (SSSR count). The summed E-state index contributed by atoms with van der Waals surface area (Å²) in [6, 6.07) is 1.58. The van der Waals surface area contributed by atoms with E-state index in [4.69, 9.17) is 16.3 Å². The van der Waals surface area contributed by atoms with Gasteiger partial charge in [-0.1, -0.05) is 11.6 Å². The van der Waals surface area contributed by atoms with Crippen LogP contribution in [-0.4, -0.2) is 16.7 Å². The molecule has 0 saturated carbocycles. The third-order valence-electron chi connectivity index (χ3n) is 1.44. The van der Waals surface area contributed by atoms with Gasteiger partial charge in [-0.3, -0.25) is 5.32 Å². The maximum absolute atomic E-state index is 11.4. The number of halogens is 2. The third-order valence-corrected chi connectivity index (χ3v) is 2.93. The summed E-state index contributed by atoms with van der Waals surface area (Å²) in [4.78, 5) is 15.4. The monoisotopic (exact) mass is 354 g/mol. The number of aromatic nitrogens is 1. The van der Waals surface area contributed by atoms with Gasteiger partial charge in [0.15, 0.2) is 0 Å². The van der Waals surface area contributed by atoms with Crippen LogP contribution in [0, 0.1) is 3.57 Å². The summed E-state index contributed by atoms with van der Waals surface area (Å²) >= 11 is 7.95. The first-order valence-electron chi connectivity index (χ1n) is 4.59. The van der Waals surface area contributed by atoms with E-state index in [0.717, 1.165) is 3.57 Å². The van der Waals surface area contributed by atoms with Crippen LogP contribution in [0.15, 0.2) is 12.3 Å². The Labute approximate surface area is 113 Å². The molecule has 0 saturated heterocycles. The van der Waals surface area contributed by atoms with Gasteiger partial charge in [-0.05, 0) is 43.4 Å². The van der Waals surface area contributed by atoms with Gasteiger partial charge in [-0.15, -0.1) is 0 Å². The van der Waals surface area contributed by atoms with E-state index in [1.165, 1.54) is 0 Å². The summed E-state index contributed by atoms with van der Waals surface area (Å²) in [7, 11) is 0. The molecular weight excluding hydrogens is 342 g/mol. The number of amides is 1. The Balaban J connectivity index is 2.67. The largest absolute Gasteiger partial charge is 0.444 e. The molecule has 88 valence electrons. The van der Waals surface area contributed by atoms with Crippen molar-refractivity contribution in [2.75, 3.05) is 5.32 Å². The van der Waals surface area contributed by atoms with Crippen LogP contribution in [0.1, 0.15) is 20.8 Å². The highest BCUT2D eigenvalue weighted by molar-refractivity contribution is 14.1. The summed E-state index contributed by atoms with van der Waals surface area (Å²) in [6.07, 6.45) is 1.03. The molecule has 1 aromatic rings. The van der Waals surface area contributed by atoms with Crippen molar-refractivity contribution in [1.29, 1.82) is 0 Å². The number of carbonyl (C=O) groups is 1. The van der Waals surface area contributed by atoms with Crippen molar-refractivity contribution >= 4 is 46.1 Å². The van der Waals surface area contributed by atoms with Gasteiger partial charge in [0.2, 0.25) is 0 Å². The number of anilines is 1. The molecule has 0 aliphatic rings. The molecule has 1 aromatic heterocycles. The van der Waals surface area contributed by atoms with E-state index in [1.807, 2.05) is 0 Å². The third kappa shape index (κ3) is 4.52. The maximum atomic E-state index is 11.4. The zero-order valence-corrected chi connectivity index (χ0v) is 12.1. The molecule has 0 radical (unpaired) electrons. The number of rotatable bonds is 1. The second-order valence-corrected chi connectivity index (χ2v) is 5.68. The van der Waals surface area contributed by atoms with Crippen molar-refractivity contribution in [1.82, 2.24) is 4.98 Å². The van der Waals surface area contributed by atoms with Gasteiger partial charge in [0.1, 0.15) is 11.4 Å². The van der Waals surface area contributed by atoms with E-state index in [1.54, 1.807) is 33.0 Å².